The zero-order chi connectivity index (χ0) is 17.8. The Hall–Kier alpha value is -2.79. The number of carbonyl (C=O) groups excluding carboxylic acids is 1. The van der Waals surface area contributed by atoms with Crippen molar-refractivity contribution >= 4 is 17.5 Å². The van der Waals surface area contributed by atoms with Gasteiger partial charge in [-0.15, -0.1) is 0 Å². The number of H-pyrrole nitrogens is 1. The first-order chi connectivity index (χ1) is 12.0. The van der Waals surface area contributed by atoms with Crippen LogP contribution in [0.1, 0.15) is 23.0 Å². The van der Waals surface area contributed by atoms with Gasteiger partial charge >= 0.3 is 0 Å². The van der Waals surface area contributed by atoms with E-state index < -0.39 is 0 Å². The number of rotatable bonds is 5. The average molecular weight is 356 g/mol. The van der Waals surface area contributed by atoms with Gasteiger partial charge in [-0.1, -0.05) is 41.9 Å². The second-order valence-corrected chi connectivity index (χ2v) is 6.32. The van der Waals surface area contributed by atoms with Gasteiger partial charge in [-0.25, -0.2) is 4.68 Å². The van der Waals surface area contributed by atoms with E-state index in [0.29, 0.717) is 17.1 Å². The molecule has 2 aromatic carbocycles. The number of hydrogen-bond acceptors (Lipinski definition) is 2. The summed E-state index contributed by atoms with van der Waals surface area (Å²) in [6, 6.07) is 17.8. The normalized spacial score (nSPS) is 11.9. The number of aromatic amines is 1. The highest BCUT2D eigenvalue weighted by atomic mass is 35.5. The Morgan fingerprint density at radius 1 is 1.16 bits per heavy atom. The van der Waals surface area contributed by atoms with Crippen molar-refractivity contribution in [1.29, 1.82) is 0 Å². The van der Waals surface area contributed by atoms with Crippen molar-refractivity contribution in [2.24, 2.45) is 0 Å². The number of amides is 1. The summed E-state index contributed by atoms with van der Waals surface area (Å²) in [6.45, 7) is 1.92. The second-order valence-electron chi connectivity index (χ2n) is 5.88. The van der Waals surface area contributed by atoms with Crippen molar-refractivity contribution in [3.8, 4) is 5.69 Å². The molecule has 0 saturated carbocycles. The van der Waals surface area contributed by atoms with Gasteiger partial charge < -0.3 is 5.32 Å². The summed E-state index contributed by atoms with van der Waals surface area (Å²) in [7, 11) is 0. The summed E-state index contributed by atoms with van der Waals surface area (Å²) < 4.78 is 1.35. The fourth-order valence-electron chi connectivity index (χ4n) is 2.61. The Morgan fingerprint density at radius 2 is 1.84 bits per heavy atom. The maximum Gasteiger partial charge on any atom is 0.271 e. The molecule has 0 spiro atoms. The highest BCUT2D eigenvalue weighted by Crippen LogP contribution is 2.11. The first-order valence-electron chi connectivity index (χ1n) is 7.96. The molecule has 5 nitrogen and oxygen atoms in total. The topological polar surface area (TPSA) is 66.9 Å². The number of para-hydroxylation sites is 1. The standard InChI is InChI=1S/C19H18ClN3O2/c1-13(11-14-7-9-15(20)10-8-14)21-19(25)17-12-18(24)23(22-17)16-5-3-2-4-6-16/h2-10,12-13,22H,11H2,1H3,(H,21,25). The minimum absolute atomic E-state index is 0.0859. The predicted molar refractivity (Wildman–Crippen MR) is 98.5 cm³/mol. The van der Waals surface area contributed by atoms with Gasteiger partial charge in [0.05, 0.1) is 5.69 Å². The van der Waals surface area contributed by atoms with Gasteiger partial charge in [0.1, 0.15) is 5.69 Å². The third-order valence-corrected chi connectivity index (χ3v) is 4.06. The largest absolute Gasteiger partial charge is 0.348 e. The molecule has 6 heteroatoms. The molecule has 128 valence electrons. The zero-order valence-corrected chi connectivity index (χ0v) is 14.5. The monoisotopic (exact) mass is 355 g/mol. The molecule has 0 bridgehead atoms. The van der Waals surface area contributed by atoms with Crippen LogP contribution < -0.4 is 10.9 Å². The molecule has 2 N–H and O–H groups in total. The van der Waals surface area contributed by atoms with E-state index in [4.69, 9.17) is 11.6 Å². The lowest BCUT2D eigenvalue weighted by Crippen LogP contribution is -2.34. The van der Waals surface area contributed by atoms with Crippen LogP contribution in [0, 0.1) is 0 Å². The zero-order valence-electron chi connectivity index (χ0n) is 13.7. The Morgan fingerprint density at radius 3 is 2.52 bits per heavy atom. The lowest BCUT2D eigenvalue weighted by atomic mass is 10.1. The third-order valence-electron chi connectivity index (χ3n) is 3.81. The number of benzene rings is 2. The molecule has 3 rings (SSSR count). The molecule has 0 aliphatic carbocycles. The van der Waals surface area contributed by atoms with Crippen molar-refractivity contribution in [3.05, 3.63) is 87.3 Å². The summed E-state index contributed by atoms with van der Waals surface area (Å²) in [5.74, 6) is -0.312. The van der Waals surface area contributed by atoms with E-state index in [-0.39, 0.29) is 23.2 Å². The number of nitrogens with zero attached hydrogens (tertiary/aromatic N) is 1. The molecule has 0 aliphatic rings. The molecule has 0 aliphatic heterocycles. The SMILES string of the molecule is CC(Cc1ccc(Cl)cc1)NC(=O)c1cc(=O)n(-c2ccccc2)[nH]1. The molecule has 0 radical (unpaired) electrons. The van der Waals surface area contributed by atoms with Crippen LogP contribution in [0.25, 0.3) is 5.69 Å². The molecule has 25 heavy (non-hydrogen) atoms. The van der Waals surface area contributed by atoms with Crippen LogP contribution >= 0.6 is 11.6 Å². The number of halogens is 1. The predicted octanol–water partition coefficient (Wildman–Crippen LogP) is 3.18. The quantitative estimate of drug-likeness (QED) is 0.738. The van der Waals surface area contributed by atoms with Crippen LogP contribution in [0.3, 0.4) is 0 Å². The smallest absolute Gasteiger partial charge is 0.271 e. The first-order valence-corrected chi connectivity index (χ1v) is 8.33. The van der Waals surface area contributed by atoms with Crippen LogP contribution in [-0.2, 0) is 6.42 Å². The van der Waals surface area contributed by atoms with Crippen LogP contribution in [0.4, 0.5) is 0 Å². The summed E-state index contributed by atoms with van der Waals surface area (Å²) >= 11 is 5.87. The molecule has 1 heterocycles. The molecule has 0 saturated heterocycles. The van der Waals surface area contributed by atoms with Gasteiger partial charge in [-0.2, -0.15) is 0 Å². The van der Waals surface area contributed by atoms with E-state index in [1.807, 2.05) is 49.4 Å². The van der Waals surface area contributed by atoms with Crippen LogP contribution in [0.5, 0.6) is 0 Å². The Bertz CT molecular complexity index is 914. The fourth-order valence-corrected chi connectivity index (χ4v) is 2.73. The number of hydrogen-bond donors (Lipinski definition) is 2. The highest BCUT2D eigenvalue weighted by molar-refractivity contribution is 6.30. The van der Waals surface area contributed by atoms with Crippen molar-refractivity contribution in [1.82, 2.24) is 15.1 Å². The first kappa shape index (κ1) is 17.0. The van der Waals surface area contributed by atoms with E-state index in [9.17, 15) is 9.59 Å². The molecule has 1 amide bonds. The molecule has 1 unspecified atom stereocenters. The third kappa shape index (κ3) is 4.19. The van der Waals surface area contributed by atoms with E-state index in [1.165, 1.54) is 10.7 Å². The second kappa shape index (κ2) is 7.40. The van der Waals surface area contributed by atoms with Crippen LogP contribution in [0.2, 0.25) is 5.02 Å². The Labute approximate surface area is 150 Å². The van der Waals surface area contributed by atoms with E-state index in [0.717, 1.165) is 5.56 Å². The van der Waals surface area contributed by atoms with Crippen molar-refractivity contribution in [2.45, 2.75) is 19.4 Å². The van der Waals surface area contributed by atoms with Gasteiger partial charge in [0, 0.05) is 17.1 Å². The van der Waals surface area contributed by atoms with Gasteiger partial charge in [-0.05, 0) is 43.2 Å². The molecule has 3 aromatic rings. The Kier molecular flexibility index (Phi) is 5.05. The maximum atomic E-state index is 12.4. The molecular formula is C19H18ClN3O2. The van der Waals surface area contributed by atoms with Gasteiger partial charge in [0.15, 0.2) is 0 Å². The van der Waals surface area contributed by atoms with Crippen LogP contribution in [0.15, 0.2) is 65.5 Å². The van der Waals surface area contributed by atoms with Crippen molar-refractivity contribution < 1.29 is 4.79 Å². The molecular weight excluding hydrogens is 338 g/mol. The summed E-state index contributed by atoms with van der Waals surface area (Å²) in [6.07, 6.45) is 0.673. The summed E-state index contributed by atoms with van der Waals surface area (Å²) in [5.41, 5.74) is 1.71. The Balaban J connectivity index is 1.69. The average Bonchev–Trinajstić information content (AvgIpc) is 3.00. The minimum Gasteiger partial charge on any atom is -0.348 e. The fraction of sp³-hybridized carbons (Fsp3) is 0.158. The van der Waals surface area contributed by atoms with Crippen molar-refractivity contribution in [3.63, 3.8) is 0 Å². The number of nitrogens with one attached hydrogen (secondary N) is 2. The molecule has 1 aromatic heterocycles. The number of aromatic nitrogens is 2. The molecule has 0 fully saturated rings. The van der Waals surface area contributed by atoms with Crippen LogP contribution in [-0.4, -0.2) is 21.7 Å². The maximum absolute atomic E-state index is 12.4. The minimum atomic E-state index is -0.312. The molecule has 1 atom stereocenters. The van der Waals surface area contributed by atoms with E-state index in [2.05, 4.69) is 10.4 Å². The van der Waals surface area contributed by atoms with Gasteiger partial charge in [-0.3, -0.25) is 14.7 Å². The van der Waals surface area contributed by atoms with Crippen molar-refractivity contribution in [2.75, 3.05) is 0 Å². The van der Waals surface area contributed by atoms with Gasteiger partial charge in [0.25, 0.3) is 11.5 Å². The highest BCUT2D eigenvalue weighted by Gasteiger charge is 2.14. The van der Waals surface area contributed by atoms with E-state index >= 15 is 0 Å². The summed E-state index contributed by atoms with van der Waals surface area (Å²) in [4.78, 5) is 24.5. The lowest BCUT2D eigenvalue weighted by molar-refractivity contribution is 0.0934. The summed E-state index contributed by atoms with van der Waals surface area (Å²) in [5, 5.41) is 6.43. The number of carbonyl (C=O) groups is 1. The lowest BCUT2D eigenvalue weighted by Gasteiger charge is -2.13. The van der Waals surface area contributed by atoms with Gasteiger partial charge in [0.2, 0.25) is 0 Å². The van der Waals surface area contributed by atoms with E-state index in [1.54, 1.807) is 12.1 Å².